The molecule has 0 radical (unpaired) electrons. The van der Waals surface area contributed by atoms with E-state index in [-0.39, 0.29) is 11.8 Å². The molecule has 1 unspecified atom stereocenters. The summed E-state index contributed by atoms with van der Waals surface area (Å²) in [6, 6.07) is 9.65. The third-order valence-electron chi connectivity index (χ3n) is 5.37. The fraction of sp³-hybridized carbons (Fsp3) is 0.318. The molecule has 1 atom stereocenters. The number of likely N-dealkylation sites (tertiary alicyclic amines) is 1. The van der Waals surface area contributed by atoms with Crippen LogP contribution in [0.1, 0.15) is 35.7 Å². The van der Waals surface area contributed by atoms with Crippen molar-refractivity contribution in [3.8, 4) is 5.75 Å². The van der Waals surface area contributed by atoms with Gasteiger partial charge in [-0.3, -0.25) is 9.20 Å². The Bertz CT molecular complexity index is 1120. The van der Waals surface area contributed by atoms with E-state index in [0.717, 1.165) is 30.7 Å². The second-order valence-corrected chi connectivity index (χ2v) is 7.44. The first-order valence-corrected chi connectivity index (χ1v) is 9.88. The number of hydrogen-bond donors (Lipinski definition) is 0. The van der Waals surface area contributed by atoms with Gasteiger partial charge in [0.15, 0.2) is 5.65 Å². The number of hydrogen-bond acceptors (Lipinski definition) is 4. The Morgan fingerprint density at radius 1 is 1.23 bits per heavy atom. The normalized spacial score (nSPS) is 17.4. The smallest absolute Gasteiger partial charge is 0.417 e. The fourth-order valence-corrected chi connectivity index (χ4v) is 3.76. The number of amides is 1. The third kappa shape index (κ3) is 4.55. The standard InChI is InChI=1S/C22H21F3N4O2/c1-31-18-6-2-4-15(12-18)7-10-20(30)28-11-3-5-16(13-28)21-27-26-19-9-8-17(14-29(19)21)22(23,24)25/h2,4,6-10,12,14,16H,3,5,11,13H2,1H3/b10-7+. The zero-order chi connectivity index (χ0) is 22.0. The third-order valence-corrected chi connectivity index (χ3v) is 5.37. The molecule has 3 aromatic rings. The van der Waals surface area contributed by atoms with Gasteiger partial charge in [-0.2, -0.15) is 13.2 Å². The van der Waals surface area contributed by atoms with Crippen molar-refractivity contribution in [1.29, 1.82) is 0 Å². The predicted molar refractivity (Wildman–Crippen MR) is 109 cm³/mol. The molecule has 162 valence electrons. The maximum atomic E-state index is 13.1. The van der Waals surface area contributed by atoms with Crippen LogP contribution < -0.4 is 4.74 Å². The maximum absolute atomic E-state index is 13.1. The lowest BCUT2D eigenvalue weighted by atomic mass is 9.97. The molecule has 3 heterocycles. The summed E-state index contributed by atoms with van der Waals surface area (Å²) in [5.41, 5.74) is 0.430. The van der Waals surface area contributed by atoms with Crippen LogP contribution in [0.2, 0.25) is 0 Å². The minimum atomic E-state index is -4.45. The number of halogens is 3. The number of carbonyl (C=O) groups is 1. The molecule has 0 aliphatic carbocycles. The zero-order valence-electron chi connectivity index (χ0n) is 16.8. The summed E-state index contributed by atoms with van der Waals surface area (Å²) in [6.07, 6.45) is 1.25. The average molecular weight is 430 g/mol. The monoisotopic (exact) mass is 430 g/mol. The number of carbonyl (C=O) groups excluding carboxylic acids is 1. The number of methoxy groups -OCH3 is 1. The number of pyridine rings is 1. The number of aromatic nitrogens is 3. The summed E-state index contributed by atoms with van der Waals surface area (Å²) in [5, 5.41) is 8.12. The molecule has 1 aromatic carbocycles. The molecule has 1 aliphatic rings. The molecule has 1 fully saturated rings. The molecule has 4 rings (SSSR count). The lowest BCUT2D eigenvalue weighted by Gasteiger charge is -2.31. The van der Waals surface area contributed by atoms with Crippen molar-refractivity contribution < 1.29 is 22.7 Å². The van der Waals surface area contributed by atoms with Crippen molar-refractivity contribution in [2.24, 2.45) is 0 Å². The molecule has 1 saturated heterocycles. The van der Waals surface area contributed by atoms with Gasteiger partial charge in [0.1, 0.15) is 11.6 Å². The van der Waals surface area contributed by atoms with Gasteiger partial charge in [-0.25, -0.2) is 0 Å². The number of piperidine rings is 1. The topological polar surface area (TPSA) is 59.7 Å². The molecular weight excluding hydrogens is 409 g/mol. The van der Waals surface area contributed by atoms with E-state index in [1.165, 1.54) is 16.5 Å². The van der Waals surface area contributed by atoms with Crippen LogP contribution in [0.4, 0.5) is 13.2 Å². The minimum Gasteiger partial charge on any atom is -0.497 e. The molecule has 1 aliphatic heterocycles. The molecule has 1 amide bonds. The number of ether oxygens (including phenoxy) is 1. The van der Waals surface area contributed by atoms with Crippen LogP contribution in [0, 0.1) is 0 Å². The molecular formula is C22H21F3N4O2. The van der Waals surface area contributed by atoms with E-state index in [1.54, 1.807) is 18.1 Å². The molecule has 31 heavy (non-hydrogen) atoms. The van der Waals surface area contributed by atoms with Gasteiger partial charge in [0.25, 0.3) is 0 Å². The van der Waals surface area contributed by atoms with Crippen molar-refractivity contribution in [1.82, 2.24) is 19.5 Å². The SMILES string of the molecule is COc1cccc(/C=C/C(=O)N2CCCC(c3nnc4ccc(C(F)(F)F)cn34)C2)c1. The van der Waals surface area contributed by atoms with E-state index in [2.05, 4.69) is 10.2 Å². The second-order valence-electron chi connectivity index (χ2n) is 7.44. The Morgan fingerprint density at radius 3 is 2.84 bits per heavy atom. The lowest BCUT2D eigenvalue weighted by Crippen LogP contribution is -2.38. The Balaban J connectivity index is 1.52. The molecule has 6 nitrogen and oxygen atoms in total. The molecule has 2 aromatic heterocycles. The van der Waals surface area contributed by atoms with E-state index in [0.29, 0.717) is 30.3 Å². The van der Waals surface area contributed by atoms with Crippen molar-refractivity contribution >= 4 is 17.6 Å². The Morgan fingerprint density at radius 2 is 2.06 bits per heavy atom. The van der Waals surface area contributed by atoms with Crippen molar-refractivity contribution in [2.45, 2.75) is 24.9 Å². The van der Waals surface area contributed by atoms with Crippen molar-refractivity contribution in [3.63, 3.8) is 0 Å². The van der Waals surface area contributed by atoms with Crippen LogP contribution in [0.25, 0.3) is 11.7 Å². The summed E-state index contributed by atoms with van der Waals surface area (Å²) in [6.45, 7) is 0.959. The summed E-state index contributed by atoms with van der Waals surface area (Å²) in [4.78, 5) is 14.4. The first-order chi connectivity index (χ1) is 14.8. The first kappa shape index (κ1) is 20.9. The van der Waals surface area contributed by atoms with Gasteiger partial charge in [0.05, 0.1) is 12.7 Å². The van der Waals surface area contributed by atoms with Crippen LogP contribution in [-0.2, 0) is 11.0 Å². The molecule has 9 heteroatoms. The predicted octanol–water partition coefficient (Wildman–Crippen LogP) is 4.18. The highest BCUT2D eigenvalue weighted by atomic mass is 19.4. The number of benzene rings is 1. The number of alkyl halides is 3. The number of rotatable bonds is 4. The van der Waals surface area contributed by atoms with Gasteiger partial charge in [-0.05, 0) is 48.7 Å². The van der Waals surface area contributed by atoms with Crippen molar-refractivity contribution in [2.75, 3.05) is 20.2 Å². The van der Waals surface area contributed by atoms with Crippen LogP contribution in [0.5, 0.6) is 5.75 Å². The number of nitrogens with zero attached hydrogens (tertiary/aromatic N) is 4. The van der Waals surface area contributed by atoms with Crippen molar-refractivity contribution in [3.05, 3.63) is 65.6 Å². The molecule has 0 saturated carbocycles. The van der Waals surface area contributed by atoms with Crippen LogP contribution in [0.3, 0.4) is 0 Å². The highest BCUT2D eigenvalue weighted by Gasteiger charge is 2.32. The summed E-state index contributed by atoms with van der Waals surface area (Å²) >= 11 is 0. The fourth-order valence-electron chi connectivity index (χ4n) is 3.76. The highest BCUT2D eigenvalue weighted by molar-refractivity contribution is 5.92. The average Bonchev–Trinajstić information content (AvgIpc) is 3.20. The largest absolute Gasteiger partial charge is 0.497 e. The van der Waals surface area contributed by atoms with Gasteiger partial charge >= 0.3 is 6.18 Å². The van der Waals surface area contributed by atoms with Gasteiger partial charge in [0.2, 0.25) is 5.91 Å². The Kier molecular flexibility index (Phi) is 5.67. The second kappa shape index (κ2) is 8.41. The van der Waals surface area contributed by atoms with Crippen LogP contribution in [-0.4, -0.2) is 45.6 Å². The lowest BCUT2D eigenvalue weighted by molar-refractivity contribution is -0.137. The number of fused-ring (bicyclic) bond motifs is 1. The van der Waals surface area contributed by atoms with Crippen LogP contribution in [0.15, 0.2) is 48.7 Å². The van der Waals surface area contributed by atoms with E-state index in [9.17, 15) is 18.0 Å². The minimum absolute atomic E-state index is 0.155. The Labute approximate surface area is 176 Å². The summed E-state index contributed by atoms with van der Waals surface area (Å²) in [7, 11) is 1.58. The summed E-state index contributed by atoms with van der Waals surface area (Å²) in [5.74, 6) is 0.790. The van der Waals surface area contributed by atoms with Gasteiger partial charge < -0.3 is 9.64 Å². The zero-order valence-corrected chi connectivity index (χ0v) is 16.8. The van der Waals surface area contributed by atoms with Gasteiger partial charge in [0, 0.05) is 31.3 Å². The quantitative estimate of drug-likeness (QED) is 0.583. The van der Waals surface area contributed by atoms with Gasteiger partial charge in [-0.15, -0.1) is 10.2 Å². The maximum Gasteiger partial charge on any atom is 0.417 e. The van der Waals surface area contributed by atoms with Gasteiger partial charge in [-0.1, -0.05) is 12.1 Å². The van der Waals surface area contributed by atoms with E-state index in [1.807, 2.05) is 24.3 Å². The molecule has 0 N–H and O–H groups in total. The molecule has 0 bridgehead atoms. The summed E-state index contributed by atoms with van der Waals surface area (Å²) < 4.78 is 45.9. The van der Waals surface area contributed by atoms with E-state index in [4.69, 9.17) is 4.74 Å². The van der Waals surface area contributed by atoms with E-state index >= 15 is 0 Å². The van der Waals surface area contributed by atoms with E-state index < -0.39 is 11.7 Å². The Hall–Kier alpha value is -3.36. The first-order valence-electron chi connectivity index (χ1n) is 9.88. The molecule has 0 spiro atoms. The highest BCUT2D eigenvalue weighted by Crippen LogP contribution is 2.31. The van der Waals surface area contributed by atoms with Crippen LogP contribution >= 0.6 is 0 Å².